The molecule has 1 aliphatic rings. The smallest absolute Gasteiger partial charge is 0.180 e. The number of hydrogen-bond acceptors (Lipinski definition) is 5. The van der Waals surface area contributed by atoms with Crippen LogP contribution in [-0.4, -0.2) is 22.0 Å². The Hall–Kier alpha value is -1.62. The van der Waals surface area contributed by atoms with Crippen molar-refractivity contribution in [3.05, 3.63) is 35.2 Å². The van der Waals surface area contributed by atoms with Gasteiger partial charge in [0.1, 0.15) is 11.5 Å². The minimum atomic E-state index is 0.712. The zero-order chi connectivity index (χ0) is 12.5. The van der Waals surface area contributed by atoms with E-state index < -0.39 is 0 Å². The zero-order valence-electron chi connectivity index (χ0n) is 10.4. The number of pyridine rings is 1. The van der Waals surface area contributed by atoms with Crippen LogP contribution in [0.3, 0.4) is 0 Å². The molecule has 0 saturated heterocycles. The highest BCUT2D eigenvalue weighted by Crippen LogP contribution is 2.33. The predicted molar refractivity (Wildman–Crippen MR) is 74.5 cm³/mol. The van der Waals surface area contributed by atoms with Crippen molar-refractivity contribution in [2.75, 3.05) is 12.4 Å². The molecule has 3 rings (SSSR count). The summed E-state index contributed by atoms with van der Waals surface area (Å²) in [6.45, 7) is 1.98. The lowest BCUT2D eigenvalue weighted by atomic mass is 10.2. The number of aromatic nitrogens is 3. The fourth-order valence-corrected chi connectivity index (χ4v) is 3.08. The Kier molecular flexibility index (Phi) is 2.91. The van der Waals surface area contributed by atoms with E-state index in [4.69, 9.17) is 0 Å². The molecule has 0 aromatic carbocycles. The van der Waals surface area contributed by atoms with E-state index in [2.05, 4.69) is 20.3 Å². The van der Waals surface area contributed by atoms with Crippen molar-refractivity contribution in [2.24, 2.45) is 0 Å². The summed E-state index contributed by atoms with van der Waals surface area (Å²) in [5, 5.41) is 3.16. The van der Waals surface area contributed by atoms with Crippen LogP contribution < -0.4 is 5.32 Å². The Labute approximate surface area is 110 Å². The number of nitrogens with zero attached hydrogens (tertiary/aromatic N) is 3. The van der Waals surface area contributed by atoms with Crippen LogP contribution in [0.2, 0.25) is 0 Å². The molecule has 92 valence electrons. The Bertz CT molecular complexity index is 598. The van der Waals surface area contributed by atoms with Crippen LogP contribution in [0, 0.1) is 6.92 Å². The molecule has 0 spiro atoms. The topological polar surface area (TPSA) is 50.7 Å². The van der Waals surface area contributed by atoms with Crippen molar-refractivity contribution < 1.29 is 0 Å². The quantitative estimate of drug-likeness (QED) is 0.897. The lowest BCUT2D eigenvalue weighted by Gasteiger charge is -2.08. The first kappa shape index (κ1) is 11.5. The summed E-state index contributed by atoms with van der Waals surface area (Å²) in [6, 6.07) is 5.92. The highest BCUT2D eigenvalue weighted by molar-refractivity contribution is 7.98. The number of thioether (sulfide) groups is 1. The van der Waals surface area contributed by atoms with Gasteiger partial charge in [-0.25, -0.2) is 15.0 Å². The molecule has 0 unspecified atom stereocenters. The van der Waals surface area contributed by atoms with Gasteiger partial charge in [0.05, 0.1) is 5.69 Å². The summed E-state index contributed by atoms with van der Waals surface area (Å²) in [7, 11) is 1.90. The molecule has 1 aliphatic heterocycles. The van der Waals surface area contributed by atoms with Gasteiger partial charge in [-0.1, -0.05) is 6.07 Å². The highest BCUT2D eigenvalue weighted by Gasteiger charge is 2.19. The molecule has 0 radical (unpaired) electrons. The molecule has 4 nitrogen and oxygen atoms in total. The van der Waals surface area contributed by atoms with Gasteiger partial charge in [-0.15, -0.1) is 0 Å². The standard InChI is InChI=1S/C13H14N4S/c1-8-4-3-5-10(15-8)13-16-11-7-18-6-9(11)12(14-2)17-13/h3-5H,6-7H2,1-2H3,(H,14,16,17). The Morgan fingerprint density at radius 3 is 2.83 bits per heavy atom. The second-order valence-electron chi connectivity index (χ2n) is 4.23. The van der Waals surface area contributed by atoms with Gasteiger partial charge in [0.25, 0.3) is 0 Å². The second-order valence-corrected chi connectivity index (χ2v) is 5.21. The first-order chi connectivity index (χ1) is 8.78. The van der Waals surface area contributed by atoms with Gasteiger partial charge in [-0.05, 0) is 19.1 Å². The van der Waals surface area contributed by atoms with Crippen LogP contribution in [0.1, 0.15) is 17.0 Å². The molecule has 2 aromatic rings. The van der Waals surface area contributed by atoms with Gasteiger partial charge in [-0.3, -0.25) is 0 Å². The van der Waals surface area contributed by atoms with E-state index in [1.54, 1.807) is 0 Å². The number of rotatable bonds is 2. The normalized spacial score (nSPS) is 13.4. The summed E-state index contributed by atoms with van der Waals surface area (Å²) in [4.78, 5) is 13.7. The van der Waals surface area contributed by atoms with Crippen molar-refractivity contribution >= 4 is 17.6 Å². The van der Waals surface area contributed by atoms with E-state index in [-0.39, 0.29) is 0 Å². The monoisotopic (exact) mass is 258 g/mol. The third-order valence-electron chi connectivity index (χ3n) is 2.93. The van der Waals surface area contributed by atoms with Crippen molar-refractivity contribution in [3.8, 4) is 11.5 Å². The molecule has 0 aliphatic carbocycles. The van der Waals surface area contributed by atoms with Crippen LogP contribution in [0.4, 0.5) is 5.82 Å². The Morgan fingerprint density at radius 2 is 2.06 bits per heavy atom. The molecule has 5 heteroatoms. The molecule has 0 atom stereocenters. The Balaban J connectivity index is 2.13. The van der Waals surface area contributed by atoms with Gasteiger partial charge in [0.2, 0.25) is 0 Å². The fourth-order valence-electron chi connectivity index (χ4n) is 2.04. The van der Waals surface area contributed by atoms with Crippen LogP contribution >= 0.6 is 11.8 Å². The molecule has 2 aromatic heterocycles. The van der Waals surface area contributed by atoms with Gasteiger partial charge in [0.15, 0.2) is 5.82 Å². The summed E-state index contributed by atoms with van der Waals surface area (Å²) < 4.78 is 0. The number of aryl methyl sites for hydroxylation is 1. The third kappa shape index (κ3) is 1.95. The van der Waals surface area contributed by atoms with Crippen LogP contribution in [0.15, 0.2) is 18.2 Å². The van der Waals surface area contributed by atoms with Gasteiger partial charge >= 0.3 is 0 Å². The SMILES string of the molecule is CNc1nc(-c2cccc(C)n2)nc2c1CSC2. The molecular formula is C13H14N4S. The minimum absolute atomic E-state index is 0.712. The number of nitrogens with one attached hydrogen (secondary N) is 1. The second kappa shape index (κ2) is 4.57. The van der Waals surface area contributed by atoms with Crippen LogP contribution in [-0.2, 0) is 11.5 Å². The number of anilines is 1. The first-order valence-electron chi connectivity index (χ1n) is 5.87. The lowest BCUT2D eigenvalue weighted by Crippen LogP contribution is -2.04. The van der Waals surface area contributed by atoms with E-state index in [9.17, 15) is 0 Å². The zero-order valence-corrected chi connectivity index (χ0v) is 11.2. The molecule has 18 heavy (non-hydrogen) atoms. The molecule has 0 bridgehead atoms. The maximum Gasteiger partial charge on any atom is 0.180 e. The van der Waals surface area contributed by atoms with Crippen molar-refractivity contribution in [1.82, 2.24) is 15.0 Å². The third-order valence-corrected chi connectivity index (χ3v) is 3.90. The van der Waals surface area contributed by atoms with E-state index >= 15 is 0 Å². The maximum atomic E-state index is 4.64. The summed E-state index contributed by atoms with van der Waals surface area (Å²) in [6.07, 6.45) is 0. The van der Waals surface area contributed by atoms with E-state index in [0.717, 1.165) is 34.4 Å². The Morgan fingerprint density at radius 1 is 1.17 bits per heavy atom. The van der Waals surface area contributed by atoms with E-state index in [1.165, 1.54) is 5.56 Å². The molecule has 0 fully saturated rings. The average Bonchev–Trinajstić information content (AvgIpc) is 2.85. The van der Waals surface area contributed by atoms with Crippen LogP contribution in [0.25, 0.3) is 11.5 Å². The van der Waals surface area contributed by atoms with Gasteiger partial charge < -0.3 is 5.32 Å². The van der Waals surface area contributed by atoms with Gasteiger partial charge in [0, 0.05) is 29.8 Å². The first-order valence-corrected chi connectivity index (χ1v) is 7.02. The van der Waals surface area contributed by atoms with E-state index in [1.807, 2.05) is 43.9 Å². The van der Waals surface area contributed by atoms with Crippen LogP contribution in [0.5, 0.6) is 0 Å². The van der Waals surface area contributed by atoms with Crippen molar-refractivity contribution in [1.29, 1.82) is 0 Å². The molecule has 0 saturated carbocycles. The fraction of sp³-hybridized carbons (Fsp3) is 0.308. The minimum Gasteiger partial charge on any atom is -0.373 e. The van der Waals surface area contributed by atoms with E-state index in [0.29, 0.717) is 5.82 Å². The molecule has 3 heterocycles. The molecule has 0 amide bonds. The average molecular weight is 258 g/mol. The predicted octanol–water partition coefficient (Wildman–Crippen LogP) is 2.64. The van der Waals surface area contributed by atoms with Crippen molar-refractivity contribution in [3.63, 3.8) is 0 Å². The number of fused-ring (bicyclic) bond motifs is 1. The largest absolute Gasteiger partial charge is 0.373 e. The molecular weight excluding hydrogens is 244 g/mol. The lowest BCUT2D eigenvalue weighted by molar-refractivity contribution is 1.05. The molecule has 1 N–H and O–H groups in total. The highest BCUT2D eigenvalue weighted by atomic mass is 32.2. The maximum absolute atomic E-state index is 4.64. The number of hydrogen-bond donors (Lipinski definition) is 1. The summed E-state index contributed by atoms with van der Waals surface area (Å²) in [5.41, 5.74) is 4.19. The van der Waals surface area contributed by atoms with Crippen molar-refractivity contribution in [2.45, 2.75) is 18.4 Å². The summed E-state index contributed by atoms with van der Waals surface area (Å²) >= 11 is 1.88. The summed E-state index contributed by atoms with van der Waals surface area (Å²) in [5.74, 6) is 3.60. The van der Waals surface area contributed by atoms with Gasteiger partial charge in [-0.2, -0.15) is 11.8 Å².